The van der Waals surface area contributed by atoms with Crippen molar-refractivity contribution in [3.05, 3.63) is 35.9 Å². The summed E-state index contributed by atoms with van der Waals surface area (Å²) < 4.78 is 5.14. The normalized spacial score (nSPS) is 9.69. The molecule has 0 aliphatic rings. The Morgan fingerprint density at radius 3 is 2.77 bits per heavy atom. The molecule has 0 unspecified atom stereocenters. The number of allylic oxidation sites excluding steroid dienone is 1. The zero-order valence-corrected chi connectivity index (χ0v) is 8.00. The molecule has 0 bridgehead atoms. The number of methoxy groups -OCH3 is 1. The number of hydrogen-bond acceptors (Lipinski definition) is 2. The SMILES string of the molecule is C=CCc1cc(OC)c(C)cc1O. The highest BCUT2D eigenvalue weighted by Crippen LogP contribution is 2.27. The molecule has 1 rings (SSSR count). The fourth-order valence-corrected chi connectivity index (χ4v) is 1.25. The molecular weight excluding hydrogens is 164 g/mol. The number of phenols is 1. The molecule has 0 fully saturated rings. The van der Waals surface area contributed by atoms with Crippen LogP contribution in [0.3, 0.4) is 0 Å². The topological polar surface area (TPSA) is 29.5 Å². The number of ether oxygens (including phenoxy) is 1. The fourth-order valence-electron chi connectivity index (χ4n) is 1.25. The first-order valence-corrected chi connectivity index (χ1v) is 4.16. The maximum absolute atomic E-state index is 9.54. The molecule has 0 atom stereocenters. The molecule has 1 N–H and O–H groups in total. The Kier molecular flexibility index (Phi) is 2.96. The van der Waals surface area contributed by atoms with E-state index in [0.717, 1.165) is 16.9 Å². The fraction of sp³-hybridized carbons (Fsp3) is 0.273. The van der Waals surface area contributed by atoms with E-state index < -0.39 is 0 Å². The van der Waals surface area contributed by atoms with E-state index in [2.05, 4.69) is 6.58 Å². The van der Waals surface area contributed by atoms with Crippen LogP contribution in [0.15, 0.2) is 24.8 Å². The van der Waals surface area contributed by atoms with Gasteiger partial charge in [-0.15, -0.1) is 6.58 Å². The number of aromatic hydroxyl groups is 1. The summed E-state index contributed by atoms with van der Waals surface area (Å²) in [4.78, 5) is 0. The van der Waals surface area contributed by atoms with Gasteiger partial charge in [0.2, 0.25) is 0 Å². The molecule has 0 aliphatic heterocycles. The second-order valence-corrected chi connectivity index (χ2v) is 2.94. The summed E-state index contributed by atoms with van der Waals surface area (Å²) in [5.41, 5.74) is 1.78. The van der Waals surface area contributed by atoms with E-state index in [-0.39, 0.29) is 0 Å². The molecule has 2 nitrogen and oxygen atoms in total. The number of rotatable bonds is 3. The van der Waals surface area contributed by atoms with Crippen LogP contribution in [0.1, 0.15) is 11.1 Å². The summed E-state index contributed by atoms with van der Waals surface area (Å²) in [7, 11) is 1.62. The van der Waals surface area contributed by atoms with Gasteiger partial charge in [0.25, 0.3) is 0 Å². The summed E-state index contributed by atoms with van der Waals surface area (Å²) in [6, 6.07) is 3.55. The molecule has 0 aromatic heterocycles. The first-order chi connectivity index (χ1) is 6.19. The van der Waals surface area contributed by atoms with E-state index in [9.17, 15) is 5.11 Å². The van der Waals surface area contributed by atoms with E-state index >= 15 is 0 Å². The van der Waals surface area contributed by atoms with E-state index in [0.29, 0.717) is 12.2 Å². The monoisotopic (exact) mass is 178 g/mol. The predicted molar refractivity (Wildman–Crippen MR) is 53.3 cm³/mol. The molecule has 0 aliphatic carbocycles. The highest BCUT2D eigenvalue weighted by Gasteiger charge is 2.04. The number of phenolic OH excluding ortho intramolecular Hbond substituents is 1. The van der Waals surface area contributed by atoms with Gasteiger partial charge in [-0.05, 0) is 31.0 Å². The Morgan fingerprint density at radius 2 is 2.23 bits per heavy atom. The summed E-state index contributed by atoms with van der Waals surface area (Å²) >= 11 is 0. The Balaban J connectivity index is 3.13. The summed E-state index contributed by atoms with van der Waals surface area (Å²) in [5, 5.41) is 9.54. The largest absolute Gasteiger partial charge is 0.508 e. The lowest BCUT2D eigenvalue weighted by molar-refractivity contribution is 0.407. The van der Waals surface area contributed by atoms with Gasteiger partial charge in [-0.1, -0.05) is 6.08 Å². The molecule has 1 aromatic rings. The maximum atomic E-state index is 9.54. The van der Waals surface area contributed by atoms with Gasteiger partial charge in [-0.25, -0.2) is 0 Å². The number of aryl methyl sites for hydroxylation is 1. The first-order valence-electron chi connectivity index (χ1n) is 4.16. The molecule has 0 saturated heterocycles. The average Bonchev–Trinajstić information content (AvgIpc) is 2.10. The minimum Gasteiger partial charge on any atom is -0.508 e. The molecule has 1 aromatic carbocycles. The molecule has 13 heavy (non-hydrogen) atoms. The van der Waals surface area contributed by atoms with Gasteiger partial charge in [-0.3, -0.25) is 0 Å². The molecule has 0 heterocycles. The molecule has 0 amide bonds. The van der Waals surface area contributed by atoms with Crippen molar-refractivity contribution in [2.45, 2.75) is 13.3 Å². The molecule has 70 valence electrons. The van der Waals surface area contributed by atoms with Crippen LogP contribution in [0.2, 0.25) is 0 Å². The van der Waals surface area contributed by atoms with Crippen molar-refractivity contribution in [3.63, 3.8) is 0 Å². The molecule has 0 radical (unpaired) electrons. The van der Waals surface area contributed by atoms with E-state index in [1.54, 1.807) is 19.3 Å². The van der Waals surface area contributed by atoms with Crippen LogP contribution in [0.4, 0.5) is 0 Å². The zero-order chi connectivity index (χ0) is 9.84. The third-order valence-electron chi connectivity index (χ3n) is 1.96. The van der Waals surface area contributed by atoms with Gasteiger partial charge in [0.15, 0.2) is 0 Å². The van der Waals surface area contributed by atoms with Crippen molar-refractivity contribution in [1.29, 1.82) is 0 Å². The average molecular weight is 178 g/mol. The van der Waals surface area contributed by atoms with Gasteiger partial charge < -0.3 is 9.84 Å². The number of benzene rings is 1. The van der Waals surface area contributed by atoms with Crippen molar-refractivity contribution >= 4 is 0 Å². The second kappa shape index (κ2) is 3.99. The van der Waals surface area contributed by atoms with Crippen molar-refractivity contribution in [2.75, 3.05) is 7.11 Å². The van der Waals surface area contributed by atoms with Crippen molar-refractivity contribution < 1.29 is 9.84 Å². The summed E-state index contributed by atoms with van der Waals surface area (Å²) in [5.74, 6) is 1.10. The minimum atomic E-state index is 0.304. The Hall–Kier alpha value is -1.44. The smallest absolute Gasteiger partial charge is 0.122 e. The van der Waals surface area contributed by atoms with Gasteiger partial charge in [0, 0.05) is 5.56 Å². The molecule has 2 heteroatoms. The van der Waals surface area contributed by atoms with Gasteiger partial charge in [0.05, 0.1) is 7.11 Å². The van der Waals surface area contributed by atoms with Crippen LogP contribution >= 0.6 is 0 Å². The van der Waals surface area contributed by atoms with E-state index in [4.69, 9.17) is 4.74 Å². The van der Waals surface area contributed by atoms with E-state index in [1.807, 2.05) is 13.0 Å². The van der Waals surface area contributed by atoms with Gasteiger partial charge in [-0.2, -0.15) is 0 Å². The number of hydrogen-bond donors (Lipinski definition) is 1. The zero-order valence-electron chi connectivity index (χ0n) is 8.00. The van der Waals surface area contributed by atoms with Crippen molar-refractivity contribution in [1.82, 2.24) is 0 Å². The Bertz CT molecular complexity index is 316. The van der Waals surface area contributed by atoms with Gasteiger partial charge in [0.1, 0.15) is 11.5 Å². The lowest BCUT2D eigenvalue weighted by atomic mass is 10.1. The molecular formula is C11H14O2. The standard InChI is InChI=1S/C11H14O2/c1-4-5-9-7-11(13-3)8(2)6-10(9)12/h4,6-7,12H,1,5H2,2-3H3. The third kappa shape index (κ3) is 2.02. The second-order valence-electron chi connectivity index (χ2n) is 2.94. The predicted octanol–water partition coefficient (Wildman–Crippen LogP) is 2.44. The van der Waals surface area contributed by atoms with Crippen LogP contribution in [0, 0.1) is 6.92 Å². The lowest BCUT2D eigenvalue weighted by Gasteiger charge is -2.08. The van der Waals surface area contributed by atoms with Crippen LogP contribution in [-0.4, -0.2) is 12.2 Å². The maximum Gasteiger partial charge on any atom is 0.122 e. The van der Waals surface area contributed by atoms with Crippen LogP contribution in [0.5, 0.6) is 11.5 Å². The summed E-state index contributed by atoms with van der Waals surface area (Å²) in [6.45, 7) is 5.52. The van der Waals surface area contributed by atoms with Crippen LogP contribution in [0.25, 0.3) is 0 Å². The minimum absolute atomic E-state index is 0.304. The quantitative estimate of drug-likeness (QED) is 0.720. The van der Waals surface area contributed by atoms with Crippen LogP contribution in [-0.2, 0) is 6.42 Å². The van der Waals surface area contributed by atoms with E-state index in [1.165, 1.54) is 0 Å². The Morgan fingerprint density at radius 1 is 1.54 bits per heavy atom. The highest BCUT2D eigenvalue weighted by molar-refractivity contribution is 5.45. The Labute approximate surface area is 78.5 Å². The van der Waals surface area contributed by atoms with Gasteiger partial charge >= 0.3 is 0 Å². The molecule has 0 saturated carbocycles. The van der Waals surface area contributed by atoms with Crippen molar-refractivity contribution in [3.8, 4) is 11.5 Å². The first kappa shape index (κ1) is 9.65. The molecule has 0 spiro atoms. The summed E-state index contributed by atoms with van der Waals surface area (Å²) in [6.07, 6.45) is 2.41. The van der Waals surface area contributed by atoms with Crippen LogP contribution < -0.4 is 4.74 Å². The van der Waals surface area contributed by atoms with Crippen molar-refractivity contribution in [2.24, 2.45) is 0 Å². The highest BCUT2D eigenvalue weighted by atomic mass is 16.5. The lowest BCUT2D eigenvalue weighted by Crippen LogP contribution is -1.90. The third-order valence-corrected chi connectivity index (χ3v) is 1.96.